The summed E-state index contributed by atoms with van der Waals surface area (Å²) < 4.78 is 5.31. The molecule has 1 aliphatic heterocycles. The normalized spacial score (nSPS) is 17.0. The first-order chi connectivity index (χ1) is 7.77. The molecular formula is C11H15N3OS. The van der Waals surface area contributed by atoms with Crippen LogP contribution in [-0.2, 0) is 4.74 Å². The lowest BCUT2D eigenvalue weighted by molar-refractivity contribution is 0.0904. The fourth-order valence-electron chi connectivity index (χ4n) is 1.78. The van der Waals surface area contributed by atoms with Crippen molar-refractivity contribution in [3.8, 4) is 0 Å². The van der Waals surface area contributed by atoms with Crippen LogP contribution in [0.15, 0.2) is 18.3 Å². The highest BCUT2D eigenvalue weighted by Crippen LogP contribution is 2.17. The molecule has 0 radical (unpaired) electrons. The Morgan fingerprint density at radius 2 is 2.25 bits per heavy atom. The van der Waals surface area contributed by atoms with Gasteiger partial charge in [0.1, 0.15) is 10.7 Å². The molecule has 0 aromatic carbocycles. The predicted molar refractivity (Wildman–Crippen MR) is 67.6 cm³/mol. The maximum Gasteiger partial charge on any atom is 0.124 e. The zero-order valence-electron chi connectivity index (χ0n) is 8.98. The predicted octanol–water partition coefficient (Wildman–Crippen LogP) is 1.31. The molecule has 2 heterocycles. The van der Waals surface area contributed by atoms with Crippen LogP contribution in [0.5, 0.6) is 0 Å². The van der Waals surface area contributed by atoms with E-state index in [1.54, 1.807) is 6.20 Å². The van der Waals surface area contributed by atoms with Crippen LogP contribution in [0.25, 0.3) is 0 Å². The molecule has 1 aromatic rings. The molecule has 0 bridgehead atoms. The molecule has 4 nitrogen and oxygen atoms in total. The Bertz CT molecular complexity index is 377. The van der Waals surface area contributed by atoms with Gasteiger partial charge in [-0.2, -0.15) is 0 Å². The summed E-state index contributed by atoms with van der Waals surface area (Å²) >= 11 is 4.97. The highest BCUT2D eigenvalue weighted by atomic mass is 32.1. The summed E-state index contributed by atoms with van der Waals surface area (Å²) in [5.41, 5.74) is 7.21. The highest BCUT2D eigenvalue weighted by molar-refractivity contribution is 7.80. The van der Waals surface area contributed by atoms with E-state index in [1.165, 1.54) is 0 Å². The first kappa shape index (κ1) is 11.3. The first-order valence-corrected chi connectivity index (χ1v) is 5.77. The highest BCUT2D eigenvalue weighted by Gasteiger charge is 2.15. The largest absolute Gasteiger partial charge is 0.388 e. The fraction of sp³-hybridized carbons (Fsp3) is 0.455. The molecule has 0 spiro atoms. The van der Waals surface area contributed by atoms with Crippen molar-refractivity contribution in [3.63, 3.8) is 0 Å². The number of aromatic nitrogens is 1. The van der Waals surface area contributed by atoms with Crippen LogP contribution in [0.4, 0.5) is 5.69 Å². The minimum atomic E-state index is 0.329. The van der Waals surface area contributed by atoms with Crippen molar-refractivity contribution in [1.29, 1.82) is 0 Å². The van der Waals surface area contributed by atoms with Gasteiger partial charge in [0, 0.05) is 25.5 Å². The van der Waals surface area contributed by atoms with Gasteiger partial charge < -0.3 is 15.8 Å². The van der Waals surface area contributed by atoms with Crippen LogP contribution >= 0.6 is 12.2 Å². The maximum atomic E-state index is 5.62. The second-order valence-electron chi connectivity index (χ2n) is 3.79. The Hall–Kier alpha value is -1.20. The third kappa shape index (κ3) is 2.68. The van der Waals surface area contributed by atoms with Crippen LogP contribution in [0.1, 0.15) is 18.5 Å². The van der Waals surface area contributed by atoms with Crippen LogP contribution in [0, 0.1) is 0 Å². The average Bonchev–Trinajstić information content (AvgIpc) is 2.31. The number of hydrogen-bond donors (Lipinski definition) is 2. The molecule has 1 aliphatic rings. The number of ether oxygens (including phenoxy) is 1. The number of nitrogens with zero attached hydrogens (tertiary/aromatic N) is 1. The van der Waals surface area contributed by atoms with E-state index in [9.17, 15) is 0 Å². The van der Waals surface area contributed by atoms with Crippen LogP contribution in [0.3, 0.4) is 0 Å². The molecule has 16 heavy (non-hydrogen) atoms. The summed E-state index contributed by atoms with van der Waals surface area (Å²) in [5.74, 6) is 0. The summed E-state index contributed by atoms with van der Waals surface area (Å²) in [6.45, 7) is 1.61. The van der Waals surface area contributed by atoms with E-state index in [-0.39, 0.29) is 0 Å². The topological polar surface area (TPSA) is 60.2 Å². The van der Waals surface area contributed by atoms with Crippen LogP contribution in [-0.4, -0.2) is 29.2 Å². The van der Waals surface area contributed by atoms with Crippen molar-refractivity contribution < 1.29 is 4.74 Å². The molecule has 86 valence electrons. The summed E-state index contributed by atoms with van der Waals surface area (Å²) in [7, 11) is 0. The van der Waals surface area contributed by atoms with Crippen molar-refractivity contribution in [1.82, 2.24) is 4.98 Å². The van der Waals surface area contributed by atoms with E-state index in [2.05, 4.69) is 10.3 Å². The Labute approximate surface area is 100 Å². The van der Waals surface area contributed by atoms with Gasteiger partial charge in [-0.25, -0.2) is 0 Å². The zero-order chi connectivity index (χ0) is 11.4. The third-order valence-corrected chi connectivity index (χ3v) is 2.82. The average molecular weight is 237 g/mol. The van der Waals surface area contributed by atoms with Gasteiger partial charge in [-0.3, -0.25) is 4.98 Å². The molecule has 2 rings (SSSR count). The smallest absolute Gasteiger partial charge is 0.124 e. The minimum Gasteiger partial charge on any atom is -0.388 e. The van der Waals surface area contributed by atoms with Gasteiger partial charge in [-0.05, 0) is 25.0 Å². The Morgan fingerprint density at radius 1 is 1.50 bits per heavy atom. The molecule has 0 amide bonds. The first-order valence-electron chi connectivity index (χ1n) is 5.36. The van der Waals surface area contributed by atoms with E-state index in [0.717, 1.165) is 31.7 Å². The lowest BCUT2D eigenvalue weighted by Gasteiger charge is -2.24. The lowest BCUT2D eigenvalue weighted by Crippen LogP contribution is -2.29. The number of nitrogens with two attached hydrogens (primary N) is 1. The number of nitrogens with one attached hydrogen (secondary N) is 1. The van der Waals surface area contributed by atoms with Crippen molar-refractivity contribution >= 4 is 22.9 Å². The van der Waals surface area contributed by atoms with E-state index >= 15 is 0 Å². The second kappa shape index (κ2) is 5.23. The van der Waals surface area contributed by atoms with E-state index in [0.29, 0.717) is 16.7 Å². The molecule has 1 aromatic heterocycles. The second-order valence-corrected chi connectivity index (χ2v) is 4.23. The van der Waals surface area contributed by atoms with Crippen molar-refractivity contribution in [2.24, 2.45) is 5.73 Å². The number of pyridine rings is 1. The molecule has 1 saturated heterocycles. The van der Waals surface area contributed by atoms with Crippen LogP contribution < -0.4 is 11.1 Å². The fourth-order valence-corrected chi connectivity index (χ4v) is 1.94. The van der Waals surface area contributed by atoms with Gasteiger partial charge in [-0.1, -0.05) is 12.2 Å². The molecule has 3 N–H and O–H groups in total. The molecule has 0 unspecified atom stereocenters. The number of rotatable bonds is 3. The minimum absolute atomic E-state index is 0.329. The van der Waals surface area contributed by atoms with Crippen molar-refractivity contribution in [2.75, 3.05) is 18.5 Å². The van der Waals surface area contributed by atoms with Gasteiger partial charge in [0.25, 0.3) is 0 Å². The Morgan fingerprint density at radius 3 is 2.94 bits per heavy atom. The van der Waals surface area contributed by atoms with E-state index < -0.39 is 0 Å². The molecule has 0 aliphatic carbocycles. The molecule has 0 saturated carbocycles. The monoisotopic (exact) mass is 237 g/mol. The molecule has 1 fully saturated rings. The molecule has 0 atom stereocenters. The van der Waals surface area contributed by atoms with Gasteiger partial charge in [0.2, 0.25) is 0 Å². The van der Waals surface area contributed by atoms with Crippen LogP contribution in [0.2, 0.25) is 0 Å². The zero-order valence-corrected chi connectivity index (χ0v) is 9.80. The summed E-state index contributed by atoms with van der Waals surface area (Å²) in [4.78, 5) is 4.51. The van der Waals surface area contributed by atoms with E-state index in [4.69, 9.17) is 22.7 Å². The maximum absolute atomic E-state index is 5.62. The molecular weight excluding hydrogens is 222 g/mol. The summed E-state index contributed by atoms with van der Waals surface area (Å²) in [5, 5.41) is 3.42. The van der Waals surface area contributed by atoms with Crippen molar-refractivity contribution in [3.05, 3.63) is 24.0 Å². The SMILES string of the molecule is NC(=S)c1ncccc1NC1CCOCC1. The number of hydrogen-bond acceptors (Lipinski definition) is 4. The van der Waals surface area contributed by atoms with Gasteiger partial charge in [0.15, 0.2) is 0 Å². The summed E-state index contributed by atoms with van der Waals surface area (Å²) in [6, 6.07) is 4.26. The number of anilines is 1. The Balaban J connectivity index is 2.10. The third-order valence-electron chi connectivity index (χ3n) is 2.62. The quantitative estimate of drug-likeness (QED) is 0.776. The Kier molecular flexibility index (Phi) is 3.69. The number of thiocarbonyl (C=S) groups is 1. The standard InChI is InChI=1S/C11H15N3OS/c12-11(16)10-9(2-1-5-13-10)14-8-3-6-15-7-4-8/h1-2,5,8,14H,3-4,6-7H2,(H2,12,16). The summed E-state index contributed by atoms with van der Waals surface area (Å²) in [6.07, 6.45) is 3.71. The van der Waals surface area contributed by atoms with E-state index in [1.807, 2.05) is 12.1 Å². The van der Waals surface area contributed by atoms with Gasteiger partial charge >= 0.3 is 0 Å². The van der Waals surface area contributed by atoms with Crippen molar-refractivity contribution in [2.45, 2.75) is 18.9 Å². The van der Waals surface area contributed by atoms with Gasteiger partial charge in [0.05, 0.1) is 5.69 Å². The molecule has 5 heteroatoms. The lowest BCUT2D eigenvalue weighted by atomic mass is 10.1. The van der Waals surface area contributed by atoms with Gasteiger partial charge in [-0.15, -0.1) is 0 Å².